The zero-order valence-electron chi connectivity index (χ0n) is 9.56. The van der Waals surface area contributed by atoms with Crippen molar-refractivity contribution in [2.24, 2.45) is 0 Å². The molecule has 0 bridgehead atoms. The highest BCUT2D eigenvalue weighted by molar-refractivity contribution is 7.80. The molecule has 1 aliphatic rings. The molecule has 0 aromatic heterocycles. The number of nitrogens with two attached hydrogens (primary N) is 1. The number of phenolic OH excluding ortho intramolecular Hbond substituents is 1. The molecule has 8 heteroatoms. The SMILES string of the molecule is Nc1cc(NC=C2C(=O)NC(=S)NC2=O)ccc1O. The number of carbonyl (C=O) groups excluding carboxylic acids is 2. The van der Waals surface area contributed by atoms with Crippen LogP contribution < -0.4 is 21.7 Å². The number of nitrogens with one attached hydrogen (secondary N) is 3. The smallest absolute Gasteiger partial charge is 0.264 e. The van der Waals surface area contributed by atoms with Crippen LogP contribution in [0.25, 0.3) is 0 Å². The summed E-state index contributed by atoms with van der Waals surface area (Å²) in [5.74, 6) is -1.22. The zero-order chi connectivity index (χ0) is 14.0. The number of thiocarbonyl (C=S) groups is 1. The largest absolute Gasteiger partial charge is 0.506 e. The van der Waals surface area contributed by atoms with E-state index in [0.29, 0.717) is 5.69 Å². The molecule has 1 heterocycles. The number of rotatable bonds is 2. The molecule has 1 fully saturated rings. The van der Waals surface area contributed by atoms with Gasteiger partial charge in [0.2, 0.25) is 0 Å². The predicted octanol–water partition coefficient (Wildman–Crippen LogP) is -0.199. The van der Waals surface area contributed by atoms with Crippen LogP contribution in [0.3, 0.4) is 0 Å². The average Bonchev–Trinajstić information content (AvgIpc) is 2.32. The van der Waals surface area contributed by atoms with Crippen molar-refractivity contribution >= 4 is 40.5 Å². The molecule has 0 atom stereocenters. The molecular weight excluding hydrogens is 268 g/mol. The van der Waals surface area contributed by atoms with Crippen molar-refractivity contribution < 1.29 is 14.7 Å². The molecule has 2 rings (SSSR count). The van der Waals surface area contributed by atoms with Crippen molar-refractivity contribution in [1.29, 1.82) is 0 Å². The summed E-state index contributed by atoms with van der Waals surface area (Å²) in [7, 11) is 0. The molecule has 0 aliphatic carbocycles. The van der Waals surface area contributed by atoms with Gasteiger partial charge in [0.1, 0.15) is 11.3 Å². The van der Waals surface area contributed by atoms with Gasteiger partial charge >= 0.3 is 0 Å². The Kier molecular flexibility index (Phi) is 3.34. The van der Waals surface area contributed by atoms with Crippen LogP contribution in [-0.2, 0) is 9.59 Å². The molecule has 1 aromatic rings. The van der Waals surface area contributed by atoms with E-state index in [-0.39, 0.29) is 22.1 Å². The molecule has 7 nitrogen and oxygen atoms in total. The molecule has 1 saturated heterocycles. The van der Waals surface area contributed by atoms with E-state index in [4.69, 9.17) is 5.73 Å². The van der Waals surface area contributed by atoms with Crippen molar-refractivity contribution in [3.8, 4) is 5.75 Å². The molecule has 2 amide bonds. The Hall–Kier alpha value is -2.61. The highest BCUT2D eigenvalue weighted by Gasteiger charge is 2.25. The number of hydrogen-bond donors (Lipinski definition) is 5. The van der Waals surface area contributed by atoms with Crippen LogP contribution in [0.15, 0.2) is 30.0 Å². The van der Waals surface area contributed by atoms with E-state index in [9.17, 15) is 14.7 Å². The van der Waals surface area contributed by atoms with E-state index >= 15 is 0 Å². The minimum atomic E-state index is -0.590. The van der Waals surface area contributed by atoms with Gasteiger partial charge in [-0.1, -0.05) is 0 Å². The fourth-order valence-corrected chi connectivity index (χ4v) is 1.59. The van der Waals surface area contributed by atoms with Crippen LogP contribution in [0.5, 0.6) is 5.75 Å². The van der Waals surface area contributed by atoms with Gasteiger partial charge in [0, 0.05) is 11.9 Å². The lowest BCUT2D eigenvalue weighted by atomic mass is 10.2. The summed E-state index contributed by atoms with van der Waals surface area (Å²) in [6, 6.07) is 4.41. The fourth-order valence-electron chi connectivity index (χ4n) is 1.41. The van der Waals surface area contributed by atoms with E-state index in [2.05, 4.69) is 28.2 Å². The third-order valence-electron chi connectivity index (χ3n) is 2.35. The van der Waals surface area contributed by atoms with Crippen LogP contribution in [0.4, 0.5) is 11.4 Å². The second kappa shape index (κ2) is 4.94. The Morgan fingerprint density at radius 2 is 1.89 bits per heavy atom. The van der Waals surface area contributed by atoms with Crippen LogP contribution in [0.1, 0.15) is 0 Å². The van der Waals surface area contributed by atoms with Crippen molar-refractivity contribution in [3.05, 3.63) is 30.0 Å². The van der Waals surface area contributed by atoms with E-state index in [0.717, 1.165) is 0 Å². The first-order valence-corrected chi connectivity index (χ1v) is 5.60. The minimum absolute atomic E-state index is 0.0268. The Labute approximate surface area is 113 Å². The van der Waals surface area contributed by atoms with Crippen LogP contribution in [-0.4, -0.2) is 22.0 Å². The first-order valence-electron chi connectivity index (χ1n) is 5.19. The number of nitrogen functional groups attached to an aromatic ring is 1. The second-order valence-electron chi connectivity index (χ2n) is 3.71. The monoisotopic (exact) mass is 278 g/mol. The Bertz CT molecular complexity index is 590. The highest BCUT2D eigenvalue weighted by Crippen LogP contribution is 2.23. The first kappa shape index (κ1) is 12.8. The number of aromatic hydroxyl groups is 1. The topological polar surface area (TPSA) is 116 Å². The molecule has 0 saturated carbocycles. The molecule has 0 unspecified atom stereocenters. The number of carbonyl (C=O) groups is 2. The Morgan fingerprint density at radius 1 is 1.26 bits per heavy atom. The maximum absolute atomic E-state index is 11.5. The van der Waals surface area contributed by atoms with Gasteiger partial charge in [-0.05, 0) is 30.4 Å². The van der Waals surface area contributed by atoms with Crippen molar-refractivity contribution in [2.75, 3.05) is 11.1 Å². The van der Waals surface area contributed by atoms with Gasteiger partial charge in [-0.3, -0.25) is 20.2 Å². The molecule has 19 heavy (non-hydrogen) atoms. The molecule has 1 aromatic carbocycles. The van der Waals surface area contributed by atoms with Crippen molar-refractivity contribution in [2.45, 2.75) is 0 Å². The number of benzene rings is 1. The summed E-state index contributed by atoms with van der Waals surface area (Å²) in [6.07, 6.45) is 1.23. The summed E-state index contributed by atoms with van der Waals surface area (Å²) >= 11 is 4.67. The van der Waals surface area contributed by atoms with Crippen LogP contribution >= 0.6 is 12.2 Å². The quantitative estimate of drug-likeness (QED) is 0.128. The third kappa shape index (κ3) is 2.80. The average molecular weight is 278 g/mol. The summed E-state index contributed by atoms with van der Waals surface area (Å²) in [5, 5.41) is 16.6. The van der Waals surface area contributed by atoms with Gasteiger partial charge in [0.05, 0.1) is 5.69 Å². The van der Waals surface area contributed by atoms with Gasteiger partial charge in [0.15, 0.2) is 5.11 Å². The highest BCUT2D eigenvalue weighted by atomic mass is 32.1. The molecular formula is C11H10N4O3S. The maximum atomic E-state index is 11.5. The lowest BCUT2D eigenvalue weighted by Gasteiger charge is -2.16. The minimum Gasteiger partial charge on any atom is -0.506 e. The molecule has 1 aliphatic heterocycles. The summed E-state index contributed by atoms with van der Waals surface area (Å²) in [4.78, 5) is 23.0. The lowest BCUT2D eigenvalue weighted by Crippen LogP contribution is -2.51. The normalized spacial score (nSPS) is 14.7. The second-order valence-corrected chi connectivity index (χ2v) is 4.12. The summed E-state index contributed by atoms with van der Waals surface area (Å²) in [6.45, 7) is 0. The summed E-state index contributed by atoms with van der Waals surface area (Å²) in [5.41, 5.74) is 6.11. The number of phenols is 1. The Morgan fingerprint density at radius 3 is 2.47 bits per heavy atom. The van der Waals surface area contributed by atoms with E-state index in [1.807, 2.05) is 0 Å². The van der Waals surface area contributed by atoms with Crippen LogP contribution in [0, 0.1) is 0 Å². The maximum Gasteiger partial charge on any atom is 0.264 e. The molecule has 0 spiro atoms. The summed E-state index contributed by atoms with van der Waals surface area (Å²) < 4.78 is 0. The molecule has 6 N–H and O–H groups in total. The van der Waals surface area contributed by atoms with Gasteiger partial charge in [-0.15, -0.1) is 0 Å². The van der Waals surface area contributed by atoms with Gasteiger partial charge < -0.3 is 16.2 Å². The van der Waals surface area contributed by atoms with E-state index in [1.54, 1.807) is 6.07 Å². The molecule has 98 valence electrons. The number of hydrogen-bond acceptors (Lipinski definition) is 6. The number of anilines is 2. The number of amides is 2. The Balaban J connectivity index is 2.17. The van der Waals surface area contributed by atoms with E-state index < -0.39 is 11.8 Å². The first-order chi connectivity index (χ1) is 8.97. The standard InChI is InChI=1S/C11H10N4O3S/c12-7-3-5(1-2-8(7)16)13-4-6-9(17)14-11(19)15-10(6)18/h1-4,13,16H,12H2,(H2,14,15,17,18,19). The molecule has 0 radical (unpaired) electrons. The fraction of sp³-hybridized carbons (Fsp3) is 0. The lowest BCUT2D eigenvalue weighted by molar-refractivity contribution is -0.123. The predicted molar refractivity (Wildman–Crippen MR) is 73.1 cm³/mol. The van der Waals surface area contributed by atoms with Crippen molar-refractivity contribution in [3.63, 3.8) is 0 Å². The van der Waals surface area contributed by atoms with Crippen molar-refractivity contribution in [1.82, 2.24) is 10.6 Å². The zero-order valence-corrected chi connectivity index (χ0v) is 10.4. The van der Waals surface area contributed by atoms with E-state index in [1.165, 1.54) is 18.3 Å². The van der Waals surface area contributed by atoms with Gasteiger partial charge in [-0.2, -0.15) is 0 Å². The van der Waals surface area contributed by atoms with Gasteiger partial charge in [-0.25, -0.2) is 0 Å². The van der Waals surface area contributed by atoms with Gasteiger partial charge in [0.25, 0.3) is 11.8 Å². The van der Waals surface area contributed by atoms with Crippen LogP contribution in [0.2, 0.25) is 0 Å². The third-order valence-corrected chi connectivity index (χ3v) is 2.56.